The van der Waals surface area contributed by atoms with Crippen LogP contribution in [0.3, 0.4) is 0 Å². The van der Waals surface area contributed by atoms with Crippen molar-refractivity contribution in [2.45, 2.75) is 193 Å². The van der Waals surface area contributed by atoms with Crippen molar-refractivity contribution >= 4 is 25.7 Å². The molecule has 0 aromatic heterocycles. The Kier molecular flexibility index (Phi) is 37.1. The number of hydrogen-bond donors (Lipinski definition) is 4. The molecule has 0 rings (SSSR count). The molecule has 13 heteroatoms. The number of unbranched alkanes of at least 4 members (excludes halogenated alkanes) is 17. The van der Waals surface area contributed by atoms with Gasteiger partial charge in [0.15, 0.2) is 6.10 Å². The van der Waals surface area contributed by atoms with Crippen LogP contribution in [-0.2, 0) is 37.5 Å². The molecule has 0 saturated carbocycles. The Bertz CT molecular complexity index is 1170. The summed E-state index contributed by atoms with van der Waals surface area (Å²) in [5.41, 5.74) is 5.32. The van der Waals surface area contributed by atoms with E-state index in [9.17, 15) is 28.9 Å². The Morgan fingerprint density at radius 1 is 0.632 bits per heavy atom. The summed E-state index contributed by atoms with van der Waals surface area (Å²) in [5.74, 6) is -2.48. The van der Waals surface area contributed by atoms with Crippen molar-refractivity contribution < 1.29 is 52.6 Å². The number of hydrogen-bond acceptors (Lipinski definition) is 10. The lowest BCUT2D eigenvalue weighted by Gasteiger charge is -2.20. The molecule has 0 aromatic rings. The van der Waals surface area contributed by atoms with E-state index in [0.717, 1.165) is 57.8 Å². The summed E-state index contributed by atoms with van der Waals surface area (Å²) in [6, 6.07) is -1.54. The number of aliphatic carboxylic acids is 1. The molecule has 0 spiro atoms. The molecule has 0 fully saturated rings. The molecule has 57 heavy (non-hydrogen) atoms. The van der Waals surface area contributed by atoms with E-state index in [-0.39, 0.29) is 19.4 Å². The summed E-state index contributed by atoms with van der Waals surface area (Å²) in [5, 5.41) is 18.8. The average molecular weight is 828 g/mol. The van der Waals surface area contributed by atoms with Crippen molar-refractivity contribution in [3.05, 3.63) is 48.6 Å². The van der Waals surface area contributed by atoms with Crippen LogP contribution in [-0.4, -0.2) is 71.1 Å². The van der Waals surface area contributed by atoms with Crippen LogP contribution in [0.15, 0.2) is 48.6 Å². The molecular formula is C44H78NO11P. The van der Waals surface area contributed by atoms with Crippen LogP contribution in [0, 0.1) is 0 Å². The topological polar surface area (TPSA) is 192 Å². The summed E-state index contributed by atoms with van der Waals surface area (Å²) >= 11 is 0. The highest BCUT2D eigenvalue weighted by Gasteiger charge is 2.28. The molecule has 5 N–H and O–H groups in total. The van der Waals surface area contributed by atoms with Gasteiger partial charge in [-0.3, -0.25) is 23.4 Å². The zero-order chi connectivity index (χ0) is 42.2. The van der Waals surface area contributed by atoms with Crippen LogP contribution in [0.25, 0.3) is 0 Å². The van der Waals surface area contributed by atoms with Crippen LogP contribution >= 0.6 is 7.82 Å². The van der Waals surface area contributed by atoms with Crippen molar-refractivity contribution in [1.82, 2.24) is 0 Å². The zero-order valence-corrected chi connectivity index (χ0v) is 36.2. The number of carbonyl (C=O) groups excluding carboxylic acids is 2. The van der Waals surface area contributed by atoms with Crippen molar-refractivity contribution in [1.29, 1.82) is 0 Å². The maximum atomic E-state index is 12.6. The predicted molar refractivity (Wildman–Crippen MR) is 228 cm³/mol. The van der Waals surface area contributed by atoms with Gasteiger partial charge in [0.2, 0.25) is 0 Å². The van der Waals surface area contributed by atoms with Gasteiger partial charge in [0.25, 0.3) is 0 Å². The van der Waals surface area contributed by atoms with Gasteiger partial charge in [-0.1, -0.05) is 172 Å². The number of carboxylic acid groups (broad SMARTS) is 1. The van der Waals surface area contributed by atoms with Crippen molar-refractivity contribution in [3.8, 4) is 0 Å². The zero-order valence-electron chi connectivity index (χ0n) is 35.3. The molecule has 0 amide bonds. The normalized spacial score (nSPS) is 14.8. The Morgan fingerprint density at radius 2 is 1.14 bits per heavy atom. The van der Waals surface area contributed by atoms with Gasteiger partial charge in [0.1, 0.15) is 12.6 Å². The van der Waals surface area contributed by atoms with Crippen molar-refractivity contribution in [2.24, 2.45) is 5.73 Å². The first-order valence-corrected chi connectivity index (χ1v) is 23.3. The number of ether oxygens (including phenoxy) is 2. The van der Waals surface area contributed by atoms with Gasteiger partial charge in [-0.2, -0.15) is 0 Å². The monoisotopic (exact) mass is 828 g/mol. The van der Waals surface area contributed by atoms with E-state index >= 15 is 0 Å². The fraction of sp³-hybridized carbons (Fsp3) is 0.750. The van der Waals surface area contributed by atoms with Gasteiger partial charge in [0.05, 0.1) is 19.3 Å². The standard InChI is InChI=1S/C44H78NO11P/c1-3-5-7-8-9-10-11-12-13-14-17-20-23-26-30-34-42(47)53-36-40(37-54-57(51,52)55-38-41(45)44(49)50)56-43(48)35-31-27-24-21-18-15-16-19-22-25-29-33-39(46)32-28-6-4-2/h15-16,21-22,24-25,29,33,39-41,46H,3-14,17-20,23,26-28,30-32,34-38,45H2,1-2H3,(H,49,50)(H,51,52)/b16-15-,24-21-,25-22-,33-29+/t39-,40+,41-/m0/s1. The minimum atomic E-state index is -4.74. The number of carboxylic acids is 1. The van der Waals surface area contributed by atoms with Gasteiger partial charge in [-0.15, -0.1) is 0 Å². The van der Waals surface area contributed by atoms with E-state index in [4.69, 9.17) is 24.8 Å². The van der Waals surface area contributed by atoms with Crippen LogP contribution in [0.4, 0.5) is 0 Å². The lowest BCUT2D eigenvalue weighted by molar-refractivity contribution is -0.161. The smallest absolute Gasteiger partial charge is 0.472 e. The largest absolute Gasteiger partial charge is 0.480 e. The fourth-order valence-corrected chi connectivity index (χ4v) is 6.48. The molecule has 0 heterocycles. The Balaban J connectivity index is 4.50. The highest BCUT2D eigenvalue weighted by atomic mass is 31.2. The summed E-state index contributed by atoms with van der Waals surface area (Å²) in [6.07, 6.45) is 39.3. The van der Waals surface area contributed by atoms with Crippen LogP contribution < -0.4 is 5.73 Å². The molecule has 12 nitrogen and oxygen atoms in total. The first kappa shape index (κ1) is 54.4. The number of rotatable bonds is 40. The van der Waals surface area contributed by atoms with E-state index in [1.165, 1.54) is 70.6 Å². The molecule has 0 aromatic carbocycles. The van der Waals surface area contributed by atoms with Gasteiger partial charge >= 0.3 is 25.7 Å². The second kappa shape index (κ2) is 38.9. The molecule has 4 atom stereocenters. The number of aliphatic hydroxyl groups is 1. The highest BCUT2D eigenvalue weighted by Crippen LogP contribution is 2.43. The minimum Gasteiger partial charge on any atom is -0.480 e. The minimum absolute atomic E-state index is 0.0656. The Labute approximate surface area is 344 Å². The van der Waals surface area contributed by atoms with Gasteiger partial charge in [-0.25, -0.2) is 4.57 Å². The van der Waals surface area contributed by atoms with Crippen LogP contribution in [0.1, 0.15) is 174 Å². The molecule has 0 aliphatic heterocycles. The second-order valence-electron chi connectivity index (χ2n) is 14.7. The first-order chi connectivity index (χ1) is 27.5. The lowest BCUT2D eigenvalue weighted by Crippen LogP contribution is -2.34. The van der Waals surface area contributed by atoms with Gasteiger partial charge < -0.3 is 30.3 Å². The van der Waals surface area contributed by atoms with Crippen molar-refractivity contribution in [3.63, 3.8) is 0 Å². The van der Waals surface area contributed by atoms with E-state index in [0.29, 0.717) is 19.3 Å². The maximum absolute atomic E-state index is 12.6. The summed E-state index contributed by atoms with van der Waals surface area (Å²) in [4.78, 5) is 45.9. The molecule has 0 radical (unpaired) electrons. The third-order valence-corrected chi connectivity index (χ3v) is 10.1. The predicted octanol–water partition coefficient (Wildman–Crippen LogP) is 10.4. The van der Waals surface area contributed by atoms with E-state index in [1.54, 1.807) is 0 Å². The maximum Gasteiger partial charge on any atom is 0.472 e. The summed E-state index contributed by atoms with van der Waals surface area (Å²) in [6.45, 7) is 2.61. The number of allylic oxidation sites excluding steroid dienone is 7. The second-order valence-corrected chi connectivity index (χ2v) is 16.1. The summed E-state index contributed by atoms with van der Waals surface area (Å²) in [7, 11) is -4.74. The fourth-order valence-electron chi connectivity index (χ4n) is 5.70. The molecule has 0 aliphatic rings. The average Bonchev–Trinajstić information content (AvgIpc) is 3.18. The van der Waals surface area contributed by atoms with E-state index in [1.807, 2.05) is 42.5 Å². The summed E-state index contributed by atoms with van der Waals surface area (Å²) < 4.78 is 32.6. The quantitative estimate of drug-likeness (QED) is 0.0150. The molecule has 0 bridgehead atoms. The number of esters is 2. The number of nitrogens with two attached hydrogens (primary N) is 1. The van der Waals surface area contributed by atoms with Gasteiger partial charge in [-0.05, 0) is 38.5 Å². The van der Waals surface area contributed by atoms with Crippen LogP contribution in [0.5, 0.6) is 0 Å². The van der Waals surface area contributed by atoms with Crippen molar-refractivity contribution in [2.75, 3.05) is 19.8 Å². The molecular weight excluding hydrogens is 749 g/mol. The molecule has 330 valence electrons. The lowest BCUT2D eigenvalue weighted by atomic mass is 10.0. The Morgan fingerprint density at radius 3 is 1.74 bits per heavy atom. The highest BCUT2D eigenvalue weighted by molar-refractivity contribution is 7.47. The third-order valence-electron chi connectivity index (χ3n) is 9.18. The van der Waals surface area contributed by atoms with Crippen LogP contribution in [0.2, 0.25) is 0 Å². The molecule has 0 saturated heterocycles. The third kappa shape index (κ3) is 38.7. The van der Waals surface area contributed by atoms with E-state index in [2.05, 4.69) is 24.4 Å². The number of carbonyl (C=O) groups is 3. The number of aliphatic hydroxyl groups excluding tert-OH is 1. The van der Waals surface area contributed by atoms with Gasteiger partial charge in [0, 0.05) is 12.8 Å². The molecule has 1 unspecified atom stereocenters. The van der Waals surface area contributed by atoms with E-state index < -0.39 is 57.2 Å². The first-order valence-electron chi connectivity index (χ1n) is 21.8. The number of phosphoric ester groups is 1. The number of phosphoric acid groups is 1. The Hall–Kier alpha value is -2.60. The molecule has 0 aliphatic carbocycles. The SMILES string of the molecule is CCCCCCCCCCCCCCCCCC(=O)OC[C@H](COP(=O)(O)OC[C@H](N)C(=O)O)OC(=O)CCC/C=C\C/C=C\C/C=C\C=C\[C@@H](O)CCCCC.